The van der Waals surface area contributed by atoms with Crippen molar-refractivity contribution >= 4 is 67.0 Å². The van der Waals surface area contributed by atoms with Gasteiger partial charge in [-0.15, -0.1) is 11.3 Å². The lowest BCUT2D eigenvalue weighted by molar-refractivity contribution is -0.124. The molecule has 206 valence electrons. The molecule has 0 fully saturated rings. The predicted molar refractivity (Wildman–Crippen MR) is 158 cm³/mol. The van der Waals surface area contributed by atoms with E-state index in [4.69, 9.17) is 16.6 Å². The second-order valence-electron chi connectivity index (χ2n) is 8.69. The van der Waals surface area contributed by atoms with Crippen LogP contribution in [-0.4, -0.2) is 48.8 Å². The second kappa shape index (κ2) is 12.6. The van der Waals surface area contributed by atoms with E-state index in [0.29, 0.717) is 48.6 Å². The van der Waals surface area contributed by atoms with E-state index in [0.717, 1.165) is 32.4 Å². The topological polar surface area (TPSA) is 193 Å². The van der Waals surface area contributed by atoms with Crippen LogP contribution in [-0.2, 0) is 22.6 Å². The molecule has 0 aromatic carbocycles. The highest BCUT2D eigenvalue weighted by atomic mass is 32.2. The molecule has 1 atom stereocenters. The number of aromatic nitrogens is 4. The molecule has 12 nitrogen and oxygen atoms in total. The smallest absolute Gasteiger partial charge is 0.277 e. The van der Waals surface area contributed by atoms with Crippen molar-refractivity contribution in [2.75, 3.05) is 18.1 Å². The number of thiophene rings is 1. The Hall–Kier alpha value is -4.43. The van der Waals surface area contributed by atoms with E-state index in [1.54, 1.807) is 49.8 Å². The van der Waals surface area contributed by atoms with Gasteiger partial charge in [0.25, 0.3) is 5.56 Å². The molecule has 1 amide bonds. The minimum Gasteiger partial charge on any atom is -0.384 e. The number of nitrogens with zero attached hydrogens (tertiary/aromatic N) is 4. The Morgan fingerprint density at radius 2 is 2.08 bits per heavy atom. The predicted octanol–water partition coefficient (Wildman–Crippen LogP) is 2.91. The largest absolute Gasteiger partial charge is 0.384 e. The molecule has 40 heavy (non-hydrogen) atoms. The van der Waals surface area contributed by atoms with Crippen molar-refractivity contribution in [3.8, 4) is 0 Å². The molecular formula is C26H27N9O3S2. The Kier molecular flexibility index (Phi) is 9.01. The van der Waals surface area contributed by atoms with Gasteiger partial charge in [0.1, 0.15) is 33.5 Å². The highest BCUT2D eigenvalue weighted by Gasteiger charge is 2.30. The van der Waals surface area contributed by atoms with E-state index in [-0.39, 0.29) is 21.6 Å². The molecule has 1 aliphatic rings. The third-order valence-corrected chi connectivity index (χ3v) is 7.91. The van der Waals surface area contributed by atoms with Gasteiger partial charge in [-0.05, 0) is 49.4 Å². The van der Waals surface area contributed by atoms with Gasteiger partial charge in [-0.3, -0.25) is 34.8 Å². The summed E-state index contributed by atoms with van der Waals surface area (Å²) in [6, 6.07) is 6.76. The minimum atomic E-state index is -0.523. The van der Waals surface area contributed by atoms with Crippen LogP contribution in [0.15, 0.2) is 47.7 Å². The van der Waals surface area contributed by atoms with Crippen LogP contribution < -0.4 is 21.9 Å². The average molecular weight is 578 g/mol. The van der Waals surface area contributed by atoms with E-state index in [9.17, 15) is 14.4 Å². The van der Waals surface area contributed by atoms with Crippen molar-refractivity contribution in [2.24, 2.45) is 0 Å². The molecule has 0 saturated heterocycles. The number of amides is 1. The number of nitrogen functional groups attached to an aromatic ring is 1. The standard InChI is InChI=1S/C17H18N6O2S.C9H9N3OS/c1-19-11-8-21-15-3-2-12(23(15)17(11)25)16(24)22-7-10-4-9-6-20-14(18)5-13(9)26-10;1-6-7(3-2-4-12-6)9(11)14-8(10)5-13/h4-6,8,12,19H,2-3,7H2,1H3,(H2,18,20)(H,22,24);2-5,10-11H,1H3. The number of carbonyl (C=O) groups is 2. The fourth-order valence-corrected chi connectivity index (χ4v) is 5.74. The maximum Gasteiger partial charge on any atom is 0.277 e. The molecule has 0 bridgehead atoms. The van der Waals surface area contributed by atoms with E-state index < -0.39 is 6.04 Å². The van der Waals surface area contributed by atoms with Crippen LogP contribution in [0.1, 0.15) is 34.4 Å². The monoisotopic (exact) mass is 577 g/mol. The van der Waals surface area contributed by atoms with E-state index in [1.807, 2.05) is 12.1 Å². The zero-order chi connectivity index (χ0) is 28.8. The molecule has 0 aliphatic carbocycles. The van der Waals surface area contributed by atoms with Crippen molar-refractivity contribution in [1.82, 2.24) is 24.8 Å². The Morgan fingerprint density at radius 1 is 1.27 bits per heavy atom. The van der Waals surface area contributed by atoms with Crippen LogP contribution in [0.25, 0.3) is 10.1 Å². The number of nitrogens with one attached hydrogen (secondary N) is 4. The number of hydrogen-bond donors (Lipinski definition) is 5. The Balaban J connectivity index is 0.000000224. The van der Waals surface area contributed by atoms with Crippen LogP contribution in [0.5, 0.6) is 0 Å². The molecule has 1 unspecified atom stereocenters. The minimum absolute atomic E-state index is 0.168. The zero-order valence-electron chi connectivity index (χ0n) is 21.7. The summed E-state index contributed by atoms with van der Waals surface area (Å²) in [5, 5.41) is 21.5. The highest BCUT2D eigenvalue weighted by molar-refractivity contribution is 8.28. The van der Waals surface area contributed by atoms with E-state index >= 15 is 0 Å². The van der Waals surface area contributed by atoms with Crippen molar-refractivity contribution < 1.29 is 9.59 Å². The SMILES string of the molecule is CNc1cnc2n(c1=O)C(C(=O)NCc1cc3cnc(N)cc3s1)CC2.Cc1ncccc1C(=N)SC(=N)C=O. The molecule has 14 heteroatoms. The first-order chi connectivity index (χ1) is 19.2. The Bertz CT molecular complexity index is 1660. The fourth-order valence-electron chi connectivity index (χ4n) is 4.12. The van der Waals surface area contributed by atoms with Crippen molar-refractivity contribution in [1.29, 1.82) is 10.8 Å². The number of carbonyl (C=O) groups excluding carboxylic acids is 2. The number of aldehydes is 1. The first kappa shape index (κ1) is 28.6. The number of hydrogen-bond acceptors (Lipinski definition) is 12. The molecular weight excluding hydrogens is 550 g/mol. The van der Waals surface area contributed by atoms with Gasteiger partial charge < -0.3 is 16.4 Å². The van der Waals surface area contributed by atoms with E-state index in [1.165, 1.54) is 10.8 Å². The molecule has 5 rings (SSSR count). The molecule has 0 saturated carbocycles. The van der Waals surface area contributed by atoms with Crippen molar-refractivity contribution in [3.05, 3.63) is 75.2 Å². The van der Waals surface area contributed by atoms with Gasteiger partial charge in [0.2, 0.25) is 5.91 Å². The summed E-state index contributed by atoms with van der Waals surface area (Å²) < 4.78 is 2.53. The number of rotatable bonds is 6. The summed E-state index contributed by atoms with van der Waals surface area (Å²) in [6.07, 6.45) is 6.50. The average Bonchev–Trinajstić information content (AvgIpc) is 3.56. The maximum atomic E-state index is 12.7. The molecule has 5 heterocycles. The fraction of sp³-hybridized carbons (Fsp3) is 0.231. The second-order valence-corrected chi connectivity index (χ2v) is 10.9. The van der Waals surface area contributed by atoms with E-state index in [2.05, 4.69) is 25.6 Å². The lowest BCUT2D eigenvalue weighted by Gasteiger charge is -2.14. The summed E-state index contributed by atoms with van der Waals surface area (Å²) in [5.41, 5.74) is 7.27. The molecule has 4 aromatic heterocycles. The third-order valence-electron chi connectivity index (χ3n) is 6.08. The Labute approximate surface area is 237 Å². The van der Waals surface area contributed by atoms with Crippen LogP contribution in [0, 0.1) is 17.7 Å². The van der Waals surface area contributed by atoms with Crippen molar-refractivity contribution in [3.63, 3.8) is 0 Å². The summed E-state index contributed by atoms with van der Waals surface area (Å²) in [4.78, 5) is 48.7. The summed E-state index contributed by atoms with van der Waals surface area (Å²) in [7, 11) is 1.67. The number of pyridine rings is 2. The lowest BCUT2D eigenvalue weighted by atomic mass is 10.2. The van der Waals surface area contributed by atoms with Gasteiger partial charge in [-0.2, -0.15) is 0 Å². The lowest BCUT2D eigenvalue weighted by Crippen LogP contribution is -2.36. The quantitative estimate of drug-likeness (QED) is 0.130. The van der Waals surface area contributed by atoms with Gasteiger partial charge in [0.05, 0.1) is 12.7 Å². The van der Waals surface area contributed by atoms with Gasteiger partial charge >= 0.3 is 0 Å². The third kappa shape index (κ3) is 6.40. The molecule has 0 radical (unpaired) electrons. The Morgan fingerprint density at radius 3 is 2.80 bits per heavy atom. The summed E-state index contributed by atoms with van der Waals surface area (Å²) in [6.45, 7) is 2.19. The number of nitrogens with two attached hydrogens (primary N) is 1. The number of fused-ring (bicyclic) bond motifs is 2. The normalized spacial score (nSPS) is 13.6. The van der Waals surface area contributed by atoms with Crippen LogP contribution in [0.4, 0.5) is 11.5 Å². The zero-order valence-corrected chi connectivity index (χ0v) is 23.4. The number of aryl methyl sites for hydroxylation is 2. The van der Waals surface area contributed by atoms with Crippen LogP contribution in [0.3, 0.4) is 0 Å². The van der Waals surface area contributed by atoms with Crippen LogP contribution >= 0.6 is 23.1 Å². The molecule has 6 N–H and O–H groups in total. The van der Waals surface area contributed by atoms with Gasteiger partial charge in [0, 0.05) is 52.1 Å². The first-order valence-corrected chi connectivity index (χ1v) is 13.8. The molecule has 1 aliphatic heterocycles. The highest BCUT2D eigenvalue weighted by Crippen LogP contribution is 2.27. The van der Waals surface area contributed by atoms with Crippen molar-refractivity contribution in [2.45, 2.75) is 32.4 Å². The van der Waals surface area contributed by atoms with Gasteiger partial charge in [-0.1, -0.05) is 0 Å². The van der Waals surface area contributed by atoms with Gasteiger partial charge in [0.15, 0.2) is 6.29 Å². The maximum absolute atomic E-state index is 12.7. The first-order valence-electron chi connectivity index (χ1n) is 12.1. The number of thioether (sulfide) groups is 1. The van der Waals surface area contributed by atoms with Crippen LogP contribution in [0.2, 0.25) is 0 Å². The number of anilines is 2. The molecule has 0 spiro atoms. The van der Waals surface area contributed by atoms with Gasteiger partial charge in [-0.25, -0.2) is 9.97 Å². The molecule has 4 aromatic rings. The summed E-state index contributed by atoms with van der Waals surface area (Å²) in [5.74, 6) is 0.957. The summed E-state index contributed by atoms with van der Waals surface area (Å²) >= 11 is 2.39.